The lowest BCUT2D eigenvalue weighted by molar-refractivity contribution is 0.0720. The number of hydrogen-bond donors (Lipinski definition) is 1. The van der Waals surface area contributed by atoms with E-state index >= 15 is 0 Å². The van der Waals surface area contributed by atoms with Crippen molar-refractivity contribution in [3.8, 4) is 5.75 Å². The van der Waals surface area contributed by atoms with Gasteiger partial charge in [-0.1, -0.05) is 37.6 Å². The lowest BCUT2D eigenvalue weighted by Crippen LogP contribution is -2.14. The normalized spacial score (nSPS) is 16.1. The summed E-state index contributed by atoms with van der Waals surface area (Å²) in [7, 11) is 0. The number of esters is 1. The van der Waals surface area contributed by atoms with Crippen molar-refractivity contribution in [3.05, 3.63) is 105 Å². The zero-order valence-electron chi connectivity index (χ0n) is 21.3. The minimum Gasteiger partial charge on any atom is -0.420 e. The van der Waals surface area contributed by atoms with Crippen molar-refractivity contribution >= 4 is 11.5 Å². The molecular weight excluding hydrogens is 522 g/mol. The Morgan fingerprint density at radius 1 is 0.923 bits per heavy atom. The van der Waals surface area contributed by atoms with Crippen LogP contribution in [0.4, 0.5) is 26.3 Å². The highest BCUT2D eigenvalue weighted by Crippen LogP contribution is 2.40. The standard InChI is InChI=1S/C30H26F6O3/c1-3-4-18-9-10-22(28(35)24(18)31)30(38)39-23-14-13-21(27(34)29(23)36)17-7-5-16(6-8-17)20-12-11-19(15(2)37)25(32)26(20)33/h7,9-16,37H,3-6,8H2,1-2H3. The molecule has 0 spiro atoms. The summed E-state index contributed by atoms with van der Waals surface area (Å²) < 4.78 is 92.1. The lowest BCUT2D eigenvalue weighted by atomic mass is 9.82. The second-order valence-electron chi connectivity index (χ2n) is 9.53. The average Bonchev–Trinajstić information content (AvgIpc) is 2.91. The SMILES string of the molecule is CCCc1ccc(C(=O)Oc2ccc(C3=CCC(c4ccc(C(C)O)c(F)c4F)CC3)c(F)c2F)c(F)c1F. The molecule has 1 aliphatic carbocycles. The molecule has 3 aromatic rings. The monoisotopic (exact) mass is 548 g/mol. The molecule has 39 heavy (non-hydrogen) atoms. The molecule has 2 unspecified atom stereocenters. The molecule has 3 nitrogen and oxygen atoms in total. The number of hydrogen-bond acceptors (Lipinski definition) is 3. The van der Waals surface area contributed by atoms with Crippen LogP contribution in [0.3, 0.4) is 0 Å². The van der Waals surface area contributed by atoms with Gasteiger partial charge in [-0.3, -0.25) is 0 Å². The molecule has 0 amide bonds. The molecule has 0 aromatic heterocycles. The number of carbonyl (C=O) groups excluding carboxylic acids is 1. The predicted molar refractivity (Wildman–Crippen MR) is 133 cm³/mol. The maximum absolute atomic E-state index is 15.0. The maximum atomic E-state index is 15.0. The molecule has 4 rings (SSSR count). The Morgan fingerprint density at radius 2 is 1.67 bits per heavy atom. The van der Waals surface area contributed by atoms with Crippen LogP contribution in [0.5, 0.6) is 5.75 Å². The summed E-state index contributed by atoms with van der Waals surface area (Å²) in [6, 6.07) is 7.23. The van der Waals surface area contributed by atoms with Crippen molar-refractivity contribution < 1.29 is 41.0 Å². The number of aryl methyl sites for hydroxylation is 1. The zero-order chi connectivity index (χ0) is 28.4. The Labute approximate surface area is 221 Å². The highest BCUT2D eigenvalue weighted by Gasteiger charge is 2.27. The van der Waals surface area contributed by atoms with Gasteiger partial charge in [0, 0.05) is 11.1 Å². The minimum absolute atomic E-state index is 0.0840. The van der Waals surface area contributed by atoms with Gasteiger partial charge in [-0.05, 0) is 73.4 Å². The van der Waals surface area contributed by atoms with Crippen LogP contribution in [-0.4, -0.2) is 11.1 Å². The fourth-order valence-electron chi connectivity index (χ4n) is 4.80. The second kappa shape index (κ2) is 11.7. The number of aliphatic hydroxyl groups excluding tert-OH is 1. The topological polar surface area (TPSA) is 46.5 Å². The van der Waals surface area contributed by atoms with Crippen LogP contribution < -0.4 is 4.74 Å². The minimum atomic E-state index is -1.48. The molecule has 9 heteroatoms. The molecule has 206 valence electrons. The van der Waals surface area contributed by atoms with Crippen molar-refractivity contribution in [2.75, 3.05) is 0 Å². The van der Waals surface area contributed by atoms with Crippen LogP contribution >= 0.6 is 0 Å². The highest BCUT2D eigenvalue weighted by molar-refractivity contribution is 5.91. The number of benzene rings is 3. The third-order valence-electron chi connectivity index (χ3n) is 6.94. The van der Waals surface area contributed by atoms with Gasteiger partial charge in [0.25, 0.3) is 0 Å². The summed E-state index contributed by atoms with van der Waals surface area (Å²) in [6.07, 6.45) is 2.04. The van der Waals surface area contributed by atoms with E-state index in [1.807, 2.05) is 0 Å². The number of carbonyl (C=O) groups is 1. The first kappa shape index (κ1) is 28.4. The molecule has 0 saturated heterocycles. The number of aliphatic hydroxyl groups is 1. The summed E-state index contributed by atoms with van der Waals surface area (Å²) in [5.74, 6) is -10.1. The van der Waals surface area contributed by atoms with E-state index in [0.29, 0.717) is 18.4 Å². The molecule has 1 aliphatic rings. The summed E-state index contributed by atoms with van der Waals surface area (Å²) in [5, 5.41) is 9.57. The highest BCUT2D eigenvalue weighted by atomic mass is 19.2. The fourth-order valence-corrected chi connectivity index (χ4v) is 4.80. The van der Waals surface area contributed by atoms with Gasteiger partial charge in [0.15, 0.2) is 34.8 Å². The first-order valence-corrected chi connectivity index (χ1v) is 12.6. The van der Waals surface area contributed by atoms with E-state index in [9.17, 15) is 36.2 Å². The Hall–Kier alpha value is -3.59. The van der Waals surface area contributed by atoms with E-state index in [2.05, 4.69) is 0 Å². The third kappa shape index (κ3) is 5.59. The van der Waals surface area contributed by atoms with Gasteiger partial charge in [0.2, 0.25) is 5.82 Å². The van der Waals surface area contributed by atoms with E-state index < -0.39 is 64.2 Å². The van der Waals surface area contributed by atoms with Crippen molar-refractivity contribution in [3.63, 3.8) is 0 Å². The molecular formula is C30H26F6O3. The van der Waals surface area contributed by atoms with Crippen LogP contribution in [0.2, 0.25) is 0 Å². The van der Waals surface area contributed by atoms with E-state index in [4.69, 9.17) is 4.74 Å². The van der Waals surface area contributed by atoms with Gasteiger partial charge in [0.05, 0.1) is 11.7 Å². The third-order valence-corrected chi connectivity index (χ3v) is 6.94. The van der Waals surface area contributed by atoms with Gasteiger partial charge in [-0.2, -0.15) is 4.39 Å². The first-order chi connectivity index (χ1) is 18.5. The molecule has 1 N–H and O–H groups in total. The van der Waals surface area contributed by atoms with Crippen LogP contribution in [-0.2, 0) is 6.42 Å². The van der Waals surface area contributed by atoms with Gasteiger partial charge < -0.3 is 9.84 Å². The molecule has 0 fully saturated rings. The quantitative estimate of drug-likeness (QED) is 0.184. The molecule has 0 saturated carbocycles. The smallest absolute Gasteiger partial charge is 0.346 e. The van der Waals surface area contributed by atoms with E-state index in [1.54, 1.807) is 13.0 Å². The van der Waals surface area contributed by atoms with Crippen LogP contribution in [0.1, 0.15) is 84.2 Å². The van der Waals surface area contributed by atoms with E-state index in [-0.39, 0.29) is 41.5 Å². The van der Waals surface area contributed by atoms with Crippen molar-refractivity contribution in [1.82, 2.24) is 0 Å². The molecule has 0 radical (unpaired) electrons. The summed E-state index contributed by atoms with van der Waals surface area (Å²) >= 11 is 0. The Balaban J connectivity index is 1.52. The summed E-state index contributed by atoms with van der Waals surface area (Å²) in [5.41, 5.74) is -0.344. The Bertz CT molecular complexity index is 1450. The molecule has 0 bridgehead atoms. The lowest BCUT2D eigenvalue weighted by Gasteiger charge is -2.24. The molecule has 3 aromatic carbocycles. The van der Waals surface area contributed by atoms with Gasteiger partial charge in [-0.15, -0.1) is 0 Å². The van der Waals surface area contributed by atoms with Crippen molar-refractivity contribution in [2.45, 2.75) is 58.0 Å². The van der Waals surface area contributed by atoms with Crippen LogP contribution in [0.15, 0.2) is 42.5 Å². The van der Waals surface area contributed by atoms with Crippen molar-refractivity contribution in [2.24, 2.45) is 0 Å². The Morgan fingerprint density at radius 3 is 2.31 bits per heavy atom. The molecule has 0 aliphatic heterocycles. The van der Waals surface area contributed by atoms with E-state index in [1.165, 1.54) is 31.2 Å². The summed E-state index contributed by atoms with van der Waals surface area (Å²) in [4.78, 5) is 12.4. The van der Waals surface area contributed by atoms with Crippen LogP contribution in [0, 0.1) is 34.9 Å². The van der Waals surface area contributed by atoms with Gasteiger partial charge in [0.1, 0.15) is 0 Å². The second-order valence-corrected chi connectivity index (χ2v) is 9.53. The number of halogens is 6. The van der Waals surface area contributed by atoms with Gasteiger partial charge in [-0.25, -0.2) is 26.7 Å². The number of rotatable bonds is 7. The predicted octanol–water partition coefficient (Wildman–Crippen LogP) is 8.10. The first-order valence-electron chi connectivity index (χ1n) is 12.6. The fraction of sp³-hybridized carbons (Fsp3) is 0.300. The van der Waals surface area contributed by atoms with Crippen LogP contribution in [0.25, 0.3) is 5.57 Å². The van der Waals surface area contributed by atoms with Gasteiger partial charge >= 0.3 is 5.97 Å². The van der Waals surface area contributed by atoms with E-state index in [0.717, 1.165) is 12.1 Å². The summed E-state index contributed by atoms with van der Waals surface area (Å²) in [6.45, 7) is 3.11. The van der Waals surface area contributed by atoms with Crippen molar-refractivity contribution in [1.29, 1.82) is 0 Å². The largest absolute Gasteiger partial charge is 0.420 e. The number of ether oxygens (including phenoxy) is 1. The molecule has 0 heterocycles. The Kier molecular flexibility index (Phi) is 8.49. The number of allylic oxidation sites excluding steroid dienone is 2. The maximum Gasteiger partial charge on any atom is 0.346 e. The zero-order valence-corrected chi connectivity index (χ0v) is 21.3. The average molecular weight is 549 g/mol. The molecule has 2 atom stereocenters.